The van der Waals surface area contributed by atoms with Crippen molar-refractivity contribution in [3.05, 3.63) is 11.9 Å². The van der Waals surface area contributed by atoms with Gasteiger partial charge in [-0.05, 0) is 20.3 Å². The normalized spacial score (nSPS) is 12.3. The minimum Gasteiger partial charge on any atom is -0.354 e. The number of hydrogen-bond donors (Lipinski definition) is 2. The van der Waals surface area contributed by atoms with Gasteiger partial charge in [-0.1, -0.05) is 13.8 Å². The number of aromatic nitrogens is 2. The lowest BCUT2D eigenvalue weighted by molar-refractivity contribution is 0.620. The van der Waals surface area contributed by atoms with Crippen molar-refractivity contribution in [1.82, 2.24) is 9.97 Å². The van der Waals surface area contributed by atoms with E-state index in [1.54, 1.807) is 0 Å². The van der Waals surface area contributed by atoms with Gasteiger partial charge in [0.2, 0.25) is 0 Å². The molecule has 96 valence electrons. The second kappa shape index (κ2) is 6.39. The van der Waals surface area contributed by atoms with Gasteiger partial charge in [-0.25, -0.2) is 15.8 Å². The van der Waals surface area contributed by atoms with Crippen molar-refractivity contribution in [3.63, 3.8) is 0 Å². The van der Waals surface area contributed by atoms with E-state index in [1.165, 1.54) is 0 Å². The van der Waals surface area contributed by atoms with Crippen molar-refractivity contribution in [2.45, 2.75) is 46.6 Å². The molecule has 0 saturated heterocycles. The largest absolute Gasteiger partial charge is 0.354 e. The smallest absolute Gasteiger partial charge is 0.145 e. The Morgan fingerprint density at radius 2 is 2.06 bits per heavy atom. The average Bonchev–Trinajstić information content (AvgIpc) is 2.38. The first kappa shape index (κ1) is 13.7. The van der Waals surface area contributed by atoms with Gasteiger partial charge < -0.3 is 10.3 Å². The highest BCUT2D eigenvalue weighted by atomic mass is 15.3. The molecule has 5 heteroatoms. The Hall–Kier alpha value is -1.36. The maximum Gasteiger partial charge on any atom is 0.145 e. The number of hydrogen-bond acceptors (Lipinski definition) is 5. The third kappa shape index (κ3) is 3.30. The van der Waals surface area contributed by atoms with Crippen LogP contribution in [0.15, 0.2) is 6.07 Å². The molecule has 17 heavy (non-hydrogen) atoms. The van der Waals surface area contributed by atoms with Gasteiger partial charge in [0, 0.05) is 25.1 Å². The summed E-state index contributed by atoms with van der Waals surface area (Å²) in [5, 5.41) is 0. The molecule has 1 atom stereocenters. The number of nitrogen functional groups attached to an aromatic ring is 1. The molecular weight excluding hydrogens is 214 g/mol. The summed E-state index contributed by atoms with van der Waals surface area (Å²) in [4.78, 5) is 11.1. The molecule has 1 aromatic heterocycles. The predicted molar refractivity (Wildman–Crippen MR) is 72.0 cm³/mol. The van der Waals surface area contributed by atoms with E-state index < -0.39 is 0 Å². The Morgan fingerprint density at radius 3 is 2.53 bits per heavy atom. The second-order valence-corrected chi connectivity index (χ2v) is 4.07. The number of rotatable bonds is 6. The van der Waals surface area contributed by atoms with E-state index in [0.717, 1.165) is 31.0 Å². The van der Waals surface area contributed by atoms with Crippen molar-refractivity contribution < 1.29 is 0 Å². The lowest BCUT2D eigenvalue weighted by atomic mass is 10.2. The SMILES string of the molecule is CCc1nc(NN)cc(N(CC)C(C)CC)n1. The highest BCUT2D eigenvalue weighted by molar-refractivity contribution is 5.49. The van der Waals surface area contributed by atoms with Gasteiger partial charge in [0.05, 0.1) is 0 Å². The van der Waals surface area contributed by atoms with Gasteiger partial charge in [-0.3, -0.25) is 0 Å². The third-order valence-corrected chi connectivity index (χ3v) is 2.98. The fourth-order valence-electron chi connectivity index (χ4n) is 1.78. The third-order valence-electron chi connectivity index (χ3n) is 2.98. The number of nitrogens with one attached hydrogen (secondary N) is 1. The summed E-state index contributed by atoms with van der Waals surface area (Å²) in [6.45, 7) is 9.48. The van der Waals surface area contributed by atoms with Gasteiger partial charge in [0.25, 0.3) is 0 Å². The standard InChI is InChI=1S/C12H23N5/c1-5-9(4)17(7-3)12-8-11(16-13)14-10(6-2)15-12/h8-9H,5-7,13H2,1-4H3,(H,14,15,16). The van der Waals surface area contributed by atoms with Crippen LogP contribution in [0.2, 0.25) is 0 Å². The summed E-state index contributed by atoms with van der Waals surface area (Å²) in [6, 6.07) is 2.36. The minimum atomic E-state index is 0.463. The highest BCUT2D eigenvalue weighted by Gasteiger charge is 2.14. The van der Waals surface area contributed by atoms with Crippen LogP contribution in [0.25, 0.3) is 0 Å². The maximum atomic E-state index is 5.43. The molecule has 0 aromatic carbocycles. The van der Waals surface area contributed by atoms with Gasteiger partial charge in [-0.15, -0.1) is 0 Å². The average molecular weight is 237 g/mol. The molecule has 0 spiro atoms. The topological polar surface area (TPSA) is 67.1 Å². The molecule has 0 aliphatic carbocycles. The Balaban J connectivity index is 3.09. The molecule has 0 amide bonds. The molecule has 0 radical (unpaired) electrons. The van der Waals surface area contributed by atoms with E-state index in [0.29, 0.717) is 11.9 Å². The van der Waals surface area contributed by atoms with Crippen molar-refractivity contribution in [1.29, 1.82) is 0 Å². The molecule has 5 nitrogen and oxygen atoms in total. The monoisotopic (exact) mass is 237 g/mol. The molecule has 0 saturated carbocycles. The van der Waals surface area contributed by atoms with Crippen LogP contribution in [0.4, 0.5) is 11.6 Å². The summed E-state index contributed by atoms with van der Waals surface area (Å²) in [6.07, 6.45) is 1.89. The summed E-state index contributed by atoms with van der Waals surface area (Å²) in [7, 11) is 0. The van der Waals surface area contributed by atoms with Crippen molar-refractivity contribution in [2.24, 2.45) is 5.84 Å². The summed E-state index contributed by atoms with van der Waals surface area (Å²) >= 11 is 0. The van der Waals surface area contributed by atoms with Crippen LogP contribution in [0.1, 0.15) is 39.9 Å². The Labute approximate surface area is 103 Å². The van der Waals surface area contributed by atoms with E-state index in [2.05, 4.69) is 41.1 Å². The molecule has 0 bridgehead atoms. The highest BCUT2D eigenvalue weighted by Crippen LogP contribution is 2.19. The van der Waals surface area contributed by atoms with Crippen LogP contribution in [0.3, 0.4) is 0 Å². The van der Waals surface area contributed by atoms with Crippen molar-refractivity contribution >= 4 is 11.6 Å². The van der Waals surface area contributed by atoms with Crippen LogP contribution in [0.5, 0.6) is 0 Å². The van der Waals surface area contributed by atoms with E-state index in [1.807, 2.05) is 13.0 Å². The molecule has 1 unspecified atom stereocenters. The van der Waals surface area contributed by atoms with E-state index in [-0.39, 0.29) is 0 Å². The second-order valence-electron chi connectivity index (χ2n) is 4.07. The number of hydrazine groups is 1. The lowest BCUT2D eigenvalue weighted by Gasteiger charge is -2.28. The van der Waals surface area contributed by atoms with Crippen LogP contribution < -0.4 is 16.2 Å². The zero-order valence-corrected chi connectivity index (χ0v) is 11.2. The number of aryl methyl sites for hydroxylation is 1. The lowest BCUT2D eigenvalue weighted by Crippen LogP contribution is -2.33. The fraction of sp³-hybridized carbons (Fsp3) is 0.667. The molecule has 1 rings (SSSR count). The molecule has 3 N–H and O–H groups in total. The van der Waals surface area contributed by atoms with Crippen LogP contribution in [-0.4, -0.2) is 22.6 Å². The molecule has 1 heterocycles. The zero-order chi connectivity index (χ0) is 12.8. The Bertz CT molecular complexity index is 330. The fourth-order valence-corrected chi connectivity index (χ4v) is 1.78. The molecule has 0 aliphatic heterocycles. The Morgan fingerprint density at radius 1 is 1.35 bits per heavy atom. The van der Waals surface area contributed by atoms with Gasteiger partial charge in [0.1, 0.15) is 17.5 Å². The van der Waals surface area contributed by atoms with Crippen molar-refractivity contribution in [3.8, 4) is 0 Å². The van der Waals surface area contributed by atoms with Crippen molar-refractivity contribution in [2.75, 3.05) is 16.9 Å². The summed E-state index contributed by atoms with van der Waals surface area (Å²) in [5.41, 5.74) is 2.60. The Kier molecular flexibility index (Phi) is 5.15. The molecule has 0 fully saturated rings. The molecular formula is C12H23N5. The quantitative estimate of drug-likeness (QED) is 0.584. The zero-order valence-electron chi connectivity index (χ0n) is 11.2. The van der Waals surface area contributed by atoms with E-state index >= 15 is 0 Å². The van der Waals surface area contributed by atoms with E-state index in [9.17, 15) is 0 Å². The van der Waals surface area contributed by atoms with Gasteiger partial charge >= 0.3 is 0 Å². The number of anilines is 2. The first-order valence-corrected chi connectivity index (χ1v) is 6.27. The van der Waals surface area contributed by atoms with Gasteiger partial charge in [-0.2, -0.15) is 0 Å². The van der Waals surface area contributed by atoms with E-state index in [4.69, 9.17) is 5.84 Å². The minimum absolute atomic E-state index is 0.463. The van der Waals surface area contributed by atoms with Crippen LogP contribution in [0, 0.1) is 0 Å². The summed E-state index contributed by atoms with van der Waals surface area (Å²) < 4.78 is 0. The predicted octanol–water partition coefficient (Wildman–Crippen LogP) is 1.95. The van der Waals surface area contributed by atoms with Crippen LogP contribution >= 0.6 is 0 Å². The number of nitrogens with zero attached hydrogens (tertiary/aromatic N) is 3. The summed E-state index contributed by atoms with van der Waals surface area (Å²) in [5.74, 6) is 7.87. The van der Waals surface area contributed by atoms with Crippen LogP contribution in [-0.2, 0) is 6.42 Å². The molecule has 1 aromatic rings. The first-order valence-electron chi connectivity index (χ1n) is 6.27. The number of nitrogens with two attached hydrogens (primary N) is 1. The maximum absolute atomic E-state index is 5.43. The first-order chi connectivity index (χ1) is 8.15. The molecule has 0 aliphatic rings. The van der Waals surface area contributed by atoms with Gasteiger partial charge in [0.15, 0.2) is 0 Å².